The highest BCUT2D eigenvalue weighted by atomic mass is 15.3. The van der Waals surface area contributed by atoms with Crippen molar-refractivity contribution in [2.75, 3.05) is 0 Å². The molecule has 0 fully saturated rings. The quantitative estimate of drug-likeness (QED) is 0.894. The molecule has 0 aliphatic heterocycles. The Kier molecular flexibility index (Phi) is 3.82. The minimum absolute atomic E-state index is 0.494. The average molecular weight is 243 g/mol. The minimum atomic E-state index is 0.494. The van der Waals surface area contributed by atoms with Crippen LogP contribution in [0.25, 0.3) is 5.69 Å². The summed E-state index contributed by atoms with van der Waals surface area (Å²) in [5.41, 5.74) is 4.87. The number of benzene rings is 1. The molecule has 0 spiro atoms. The molecule has 18 heavy (non-hydrogen) atoms. The summed E-state index contributed by atoms with van der Waals surface area (Å²) >= 11 is 0. The number of aromatic nitrogens is 2. The molecule has 1 aromatic heterocycles. The van der Waals surface area contributed by atoms with Gasteiger partial charge in [-0.25, -0.2) is 4.68 Å². The van der Waals surface area contributed by atoms with Crippen molar-refractivity contribution in [1.82, 2.24) is 15.1 Å². The first-order chi connectivity index (χ1) is 8.56. The number of nitrogens with one attached hydrogen (secondary N) is 1. The molecule has 1 N–H and O–H groups in total. The molecule has 0 saturated heterocycles. The molecule has 0 atom stereocenters. The fourth-order valence-electron chi connectivity index (χ4n) is 1.87. The Bertz CT molecular complexity index is 526. The van der Waals surface area contributed by atoms with Gasteiger partial charge in [-0.2, -0.15) is 5.10 Å². The fraction of sp³-hybridized carbons (Fsp3) is 0.400. The van der Waals surface area contributed by atoms with Crippen molar-refractivity contribution in [3.63, 3.8) is 0 Å². The second kappa shape index (κ2) is 5.36. The third kappa shape index (κ3) is 2.99. The Morgan fingerprint density at radius 3 is 2.78 bits per heavy atom. The maximum atomic E-state index is 4.44. The maximum Gasteiger partial charge on any atom is 0.0677 e. The van der Waals surface area contributed by atoms with Gasteiger partial charge in [-0.1, -0.05) is 26.0 Å². The molecule has 0 amide bonds. The summed E-state index contributed by atoms with van der Waals surface area (Å²) in [5, 5.41) is 7.84. The summed E-state index contributed by atoms with van der Waals surface area (Å²) in [6.45, 7) is 9.38. The second-order valence-electron chi connectivity index (χ2n) is 5.12. The van der Waals surface area contributed by atoms with Gasteiger partial charge in [0.05, 0.1) is 11.9 Å². The molecule has 0 unspecified atom stereocenters. The van der Waals surface area contributed by atoms with E-state index in [1.807, 2.05) is 10.9 Å². The van der Waals surface area contributed by atoms with Crippen molar-refractivity contribution in [1.29, 1.82) is 0 Å². The van der Waals surface area contributed by atoms with Gasteiger partial charge in [0, 0.05) is 24.3 Å². The molecule has 3 nitrogen and oxygen atoms in total. The Morgan fingerprint density at radius 2 is 2.06 bits per heavy atom. The molecule has 1 heterocycles. The van der Waals surface area contributed by atoms with Crippen LogP contribution in [0.3, 0.4) is 0 Å². The summed E-state index contributed by atoms with van der Waals surface area (Å²) < 4.78 is 1.96. The van der Waals surface area contributed by atoms with Crippen LogP contribution in [-0.2, 0) is 6.54 Å². The first-order valence-corrected chi connectivity index (χ1v) is 6.41. The Labute approximate surface area is 109 Å². The fourth-order valence-corrected chi connectivity index (χ4v) is 1.87. The van der Waals surface area contributed by atoms with Crippen molar-refractivity contribution in [2.45, 2.75) is 40.3 Å². The first kappa shape index (κ1) is 12.8. The highest BCUT2D eigenvalue weighted by Gasteiger charge is 2.04. The Morgan fingerprint density at radius 1 is 1.28 bits per heavy atom. The van der Waals surface area contributed by atoms with Crippen LogP contribution in [0.2, 0.25) is 0 Å². The van der Waals surface area contributed by atoms with E-state index in [-0.39, 0.29) is 0 Å². The van der Waals surface area contributed by atoms with Crippen LogP contribution in [0.1, 0.15) is 30.5 Å². The molecule has 0 aliphatic carbocycles. The number of hydrogen-bond donors (Lipinski definition) is 1. The van der Waals surface area contributed by atoms with Crippen LogP contribution in [-0.4, -0.2) is 15.8 Å². The molecule has 1 aromatic carbocycles. The molecule has 96 valence electrons. The van der Waals surface area contributed by atoms with E-state index < -0.39 is 0 Å². The van der Waals surface area contributed by atoms with Crippen molar-refractivity contribution >= 4 is 0 Å². The van der Waals surface area contributed by atoms with E-state index >= 15 is 0 Å². The van der Waals surface area contributed by atoms with Crippen LogP contribution in [0.15, 0.2) is 30.6 Å². The zero-order valence-corrected chi connectivity index (χ0v) is 11.6. The third-order valence-corrected chi connectivity index (χ3v) is 2.96. The molecule has 2 aromatic rings. The highest BCUT2D eigenvalue weighted by Crippen LogP contribution is 2.15. The van der Waals surface area contributed by atoms with Crippen molar-refractivity contribution in [2.24, 2.45) is 0 Å². The molecule has 0 saturated carbocycles. The number of rotatable bonds is 4. The Balaban J connectivity index is 2.21. The molecule has 0 radical (unpaired) electrons. The van der Waals surface area contributed by atoms with E-state index in [2.05, 4.69) is 62.5 Å². The van der Waals surface area contributed by atoms with E-state index in [0.29, 0.717) is 6.04 Å². The molecular formula is C15H21N3. The van der Waals surface area contributed by atoms with E-state index in [1.165, 1.54) is 16.7 Å². The maximum absolute atomic E-state index is 4.44. The summed E-state index contributed by atoms with van der Waals surface area (Å²) in [6.07, 6.45) is 4.02. The van der Waals surface area contributed by atoms with Gasteiger partial charge in [-0.05, 0) is 31.0 Å². The number of hydrogen-bond acceptors (Lipinski definition) is 2. The molecular weight excluding hydrogens is 222 g/mol. The van der Waals surface area contributed by atoms with Crippen molar-refractivity contribution in [3.05, 3.63) is 47.3 Å². The largest absolute Gasteiger partial charge is 0.310 e. The minimum Gasteiger partial charge on any atom is -0.310 e. The predicted molar refractivity (Wildman–Crippen MR) is 75.0 cm³/mol. The summed E-state index contributed by atoms with van der Waals surface area (Å²) in [4.78, 5) is 0. The van der Waals surface area contributed by atoms with Gasteiger partial charge in [0.2, 0.25) is 0 Å². The normalized spacial score (nSPS) is 11.2. The van der Waals surface area contributed by atoms with Crippen LogP contribution in [0, 0.1) is 13.8 Å². The Hall–Kier alpha value is -1.61. The van der Waals surface area contributed by atoms with Crippen LogP contribution in [0.5, 0.6) is 0 Å². The van der Waals surface area contributed by atoms with Crippen LogP contribution in [0.4, 0.5) is 0 Å². The van der Waals surface area contributed by atoms with Gasteiger partial charge in [-0.15, -0.1) is 0 Å². The lowest BCUT2D eigenvalue weighted by atomic mass is 10.1. The highest BCUT2D eigenvalue weighted by molar-refractivity contribution is 5.42. The average Bonchev–Trinajstić information content (AvgIpc) is 2.78. The predicted octanol–water partition coefficient (Wildman–Crippen LogP) is 2.99. The van der Waals surface area contributed by atoms with Gasteiger partial charge in [-0.3, -0.25) is 0 Å². The van der Waals surface area contributed by atoms with E-state index in [9.17, 15) is 0 Å². The van der Waals surface area contributed by atoms with Gasteiger partial charge in [0.15, 0.2) is 0 Å². The number of nitrogens with zero attached hydrogens (tertiary/aromatic N) is 2. The first-order valence-electron chi connectivity index (χ1n) is 6.41. The summed E-state index contributed by atoms with van der Waals surface area (Å²) in [6, 6.07) is 6.93. The summed E-state index contributed by atoms with van der Waals surface area (Å²) in [7, 11) is 0. The van der Waals surface area contributed by atoms with Gasteiger partial charge < -0.3 is 5.32 Å². The van der Waals surface area contributed by atoms with E-state index in [1.54, 1.807) is 0 Å². The van der Waals surface area contributed by atoms with Crippen LogP contribution < -0.4 is 5.32 Å². The lowest BCUT2D eigenvalue weighted by molar-refractivity contribution is 0.589. The summed E-state index contributed by atoms with van der Waals surface area (Å²) in [5.74, 6) is 0. The third-order valence-electron chi connectivity index (χ3n) is 2.96. The zero-order valence-electron chi connectivity index (χ0n) is 11.6. The molecule has 0 aliphatic rings. The SMILES string of the molecule is Cc1ccc(C)c(-n2cc(CNC(C)C)cn2)c1. The van der Waals surface area contributed by atoms with Crippen molar-refractivity contribution in [3.8, 4) is 5.69 Å². The smallest absolute Gasteiger partial charge is 0.0677 e. The molecule has 2 rings (SSSR count). The standard InChI is InChI=1S/C15H21N3/c1-11(2)16-8-14-9-17-18(10-14)15-7-12(3)5-6-13(15)4/h5-7,9-11,16H,8H2,1-4H3. The monoisotopic (exact) mass is 243 g/mol. The van der Waals surface area contributed by atoms with Gasteiger partial charge in [0.25, 0.3) is 0 Å². The van der Waals surface area contributed by atoms with E-state index in [4.69, 9.17) is 0 Å². The van der Waals surface area contributed by atoms with Crippen LogP contribution >= 0.6 is 0 Å². The van der Waals surface area contributed by atoms with Gasteiger partial charge in [0.1, 0.15) is 0 Å². The lowest BCUT2D eigenvalue weighted by Gasteiger charge is -2.07. The topological polar surface area (TPSA) is 29.9 Å². The van der Waals surface area contributed by atoms with Crippen molar-refractivity contribution < 1.29 is 0 Å². The zero-order chi connectivity index (χ0) is 13.1. The molecule has 0 bridgehead atoms. The molecule has 3 heteroatoms. The van der Waals surface area contributed by atoms with E-state index in [0.717, 1.165) is 12.2 Å². The lowest BCUT2D eigenvalue weighted by Crippen LogP contribution is -2.21. The van der Waals surface area contributed by atoms with Gasteiger partial charge >= 0.3 is 0 Å². The second-order valence-corrected chi connectivity index (χ2v) is 5.12. The number of aryl methyl sites for hydroxylation is 2.